The number of aliphatic hydroxyl groups is 3. The summed E-state index contributed by atoms with van der Waals surface area (Å²) in [7, 11) is 0. The van der Waals surface area contributed by atoms with Gasteiger partial charge in [0.25, 0.3) is 0 Å². The van der Waals surface area contributed by atoms with Crippen molar-refractivity contribution in [3.63, 3.8) is 0 Å². The van der Waals surface area contributed by atoms with Crippen LogP contribution in [0.15, 0.2) is 18.3 Å². The van der Waals surface area contributed by atoms with Crippen molar-refractivity contribution in [3.8, 4) is 5.75 Å². The van der Waals surface area contributed by atoms with Crippen molar-refractivity contribution in [1.29, 1.82) is 0 Å². The number of pyridine rings is 1. The van der Waals surface area contributed by atoms with E-state index in [1.165, 1.54) is 0 Å². The van der Waals surface area contributed by atoms with E-state index in [1.54, 1.807) is 18.3 Å². The molecule has 6 nitrogen and oxygen atoms in total. The van der Waals surface area contributed by atoms with Gasteiger partial charge in [0.05, 0.1) is 26.4 Å². The molecular formula is C12H20N2O4. The fraction of sp³-hybridized carbons (Fsp3) is 0.583. The molecular weight excluding hydrogens is 236 g/mol. The Kier molecular flexibility index (Phi) is 5.84. The molecule has 0 bridgehead atoms. The Morgan fingerprint density at radius 3 is 2.50 bits per heavy atom. The van der Waals surface area contributed by atoms with E-state index in [0.717, 1.165) is 6.42 Å². The number of nitrogens with zero attached hydrogens (tertiary/aromatic N) is 1. The fourth-order valence-electron chi connectivity index (χ4n) is 1.33. The molecule has 0 unspecified atom stereocenters. The minimum Gasteiger partial charge on any atom is -0.490 e. The first kappa shape index (κ1) is 14.7. The van der Waals surface area contributed by atoms with Crippen molar-refractivity contribution in [3.05, 3.63) is 18.3 Å². The highest BCUT2D eigenvalue weighted by molar-refractivity contribution is 5.51. The first-order valence-corrected chi connectivity index (χ1v) is 5.90. The monoisotopic (exact) mass is 256 g/mol. The molecule has 1 aromatic heterocycles. The quantitative estimate of drug-likeness (QED) is 0.523. The van der Waals surface area contributed by atoms with Gasteiger partial charge in [-0.1, -0.05) is 6.92 Å². The Morgan fingerprint density at radius 1 is 1.28 bits per heavy atom. The number of rotatable bonds is 8. The Morgan fingerprint density at radius 2 is 1.94 bits per heavy atom. The number of hydrogen-bond donors (Lipinski definition) is 4. The first-order chi connectivity index (χ1) is 8.71. The molecule has 18 heavy (non-hydrogen) atoms. The Bertz CT molecular complexity index is 347. The highest BCUT2D eigenvalue weighted by Crippen LogP contribution is 2.24. The molecule has 0 spiro atoms. The van der Waals surface area contributed by atoms with Gasteiger partial charge < -0.3 is 25.4 Å². The van der Waals surface area contributed by atoms with Crippen LogP contribution >= 0.6 is 0 Å². The maximum atomic E-state index is 9.25. The molecule has 6 heteroatoms. The third-order valence-corrected chi connectivity index (χ3v) is 2.52. The SMILES string of the molecule is CCCOc1cccnc1NC(CO)(CO)CO. The lowest BCUT2D eigenvalue weighted by Crippen LogP contribution is -2.49. The number of aliphatic hydroxyl groups excluding tert-OH is 3. The van der Waals surface area contributed by atoms with E-state index < -0.39 is 25.4 Å². The van der Waals surface area contributed by atoms with E-state index in [2.05, 4.69) is 10.3 Å². The third kappa shape index (κ3) is 3.56. The molecule has 0 aromatic carbocycles. The Labute approximate surface area is 106 Å². The zero-order valence-corrected chi connectivity index (χ0v) is 10.5. The Hall–Kier alpha value is -1.37. The fourth-order valence-corrected chi connectivity index (χ4v) is 1.33. The average Bonchev–Trinajstić information content (AvgIpc) is 2.44. The van der Waals surface area contributed by atoms with Crippen LogP contribution in [0.5, 0.6) is 5.75 Å². The minimum atomic E-state index is -1.21. The topological polar surface area (TPSA) is 94.8 Å². The summed E-state index contributed by atoms with van der Waals surface area (Å²) in [5, 5.41) is 30.6. The van der Waals surface area contributed by atoms with Gasteiger partial charge in [-0.05, 0) is 18.6 Å². The second-order valence-electron chi connectivity index (χ2n) is 4.08. The number of ether oxygens (including phenoxy) is 1. The number of nitrogens with one attached hydrogen (secondary N) is 1. The van der Waals surface area contributed by atoms with Gasteiger partial charge in [-0.3, -0.25) is 0 Å². The van der Waals surface area contributed by atoms with Gasteiger partial charge in [0.1, 0.15) is 5.54 Å². The molecule has 1 heterocycles. The predicted octanol–water partition coefficient (Wildman–Crippen LogP) is -0.00200. The smallest absolute Gasteiger partial charge is 0.169 e. The zero-order valence-electron chi connectivity index (χ0n) is 10.5. The van der Waals surface area contributed by atoms with Crippen LogP contribution in [0.25, 0.3) is 0 Å². The second-order valence-corrected chi connectivity index (χ2v) is 4.08. The van der Waals surface area contributed by atoms with E-state index in [4.69, 9.17) is 4.74 Å². The summed E-state index contributed by atoms with van der Waals surface area (Å²) in [6.07, 6.45) is 2.43. The summed E-state index contributed by atoms with van der Waals surface area (Å²) < 4.78 is 5.50. The lowest BCUT2D eigenvalue weighted by atomic mass is 10.0. The third-order valence-electron chi connectivity index (χ3n) is 2.52. The van der Waals surface area contributed by atoms with Gasteiger partial charge in [0.2, 0.25) is 0 Å². The van der Waals surface area contributed by atoms with Crippen molar-refractivity contribution in [1.82, 2.24) is 4.98 Å². The molecule has 0 saturated carbocycles. The molecule has 102 valence electrons. The normalized spacial score (nSPS) is 11.3. The van der Waals surface area contributed by atoms with Crippen molar-refractivity contribution in [2.75, 3.05) is 31.7 Å². The molecule has 1 rings (SSSR count). The summed E-state index contributed by atoms with van der Waals surface area (Å²) in [6, 6.07) is 3.47. The van der Waals surface area contributed by atoms with Crippen molar-refractivity contribution >= 4 is 5.82 Å². The van der Waals surface area contributed by atoms with Crippen molar-refractivity contribution < 1.29 is 20.1 Å². The van der Waals surface area contributed by atoms with Crippen LogP contribution in [-0.4, -0.2) is 52.3 Å². The van der Waals surface area contributed by atoms with E-state index in [1.807, 2.05) is 6.92 Å². The Balaban J connectivity index is 2.88. The molecule has 0 fully saturated rings. The number of anilines is 1. The maximum Gasteiger partial charge on any atom is 0.169 e. The van der Waals surface area contributed by atoms with E-state index in [-0.39, 0.29) is 0 Å². The summed E-state index contributed by atoms with van der Waals surface area (Å²) in [4.78, 5) is 4.09. The van der Waals surface area contributed by atoms with Crippen LogP contribution < -0.4 is 10.1 Å². The number of hydrogen-bond acceptors (Lipinski definition) is 6. The molecule has 0 aliphatic carbocycles. The maximum absolute atomic E-state index is 9.25. The highest BCUT2D eigenvalue weighted by atomic mass is 16.5. The van der Waals surface area contributed by atoms with Gasteiger partial charge >= 0.3 is 0 Å². The van der Waals surface area contributed by atoms with E-state index >= 15 is 0 Å². The van der Waals surface area contributed by atoms with Crippen LogP contribution in [0.3, 0.4) is 0 Å². The first-order valence-electron chi connectivity index (χ1n) is 5.90. The summed E-state index contributed by atoms with van der Waals surface area (Å²) in [5.41, 5.74) is -1.21. The molecule has 0 radical (unpaired) electrons. The number of aromatic nitrogens is 1. The van der Waals surface area contributed by atoms with Gasteiger partial charge in [-0.2, -0.15) is 0 Å². The lowest BCUT2D eigenvalue weighted by Gasteiger charge is -2.29. The lowest BCUT2D eigenvalue weighted by molar-refractivity contribution is 0.0828. The molecule has 1 aromatic rings. The van der Waals surface area contributed by atoms with Crippen molar-refractivity contribution in [2.45, 2.75) is 18.9 Å². The van der Waals surface area contributed by atoms with Gasteiger partial charge in [-0.25, -0.2) is 4.98 Å². The van der Waals surface area contributed by atoms with Crippen LogP contribution in [0.4, 0.5) is 5.82 Å². The van der Waals surface area contributed by atoms with Crippen LogP contribution in [0.1, 0.15) is 13.3 Å². The summed E-state index contributed by atoms with van der Waals surface area (Å²) in [5.74, 6) is 0.919. The van der Waals surface area contributed by atoms with Gasteiger partial charge in [0.15, 0.2) is 11.6 Å². The molecule has 0 aliphatic rings. The van der Waals surface area contributed by atoms with Crippen LogP contribution in [-0.2, 0) is 0 Å². The average molecular weight is 256 g/mol. The second kappa shape index (κ2) is 7.15. The summed E-state index contributed by atoms with van der Waals surface area (Å²) >= 11 is 0. The zero-order chi connectivity index (χ0) is 13.4. The van der Waals surface area contributed by atoms with Crippen LogP contribution in [0, 0.1) is 0 Å². The molecule has 4 N–H and O–H groups in total. The standard InChI is InChI=1S/C12H20N2O4/c1-2-6-18-10-4-3-5-13-11(10)14-12(7-15,8-16)9-17/h3-5,15-17H,2,6-9H2,1H3,(H,13,14). The predicted molar refractivity (Wildman–Crippen MR) is 67.6 cm³/mol. The minimum absolute atomic E-state index is 0.392. The molecule has 0 saturated heterocycles. The van der Waals surface area contributed by atoms with Crippen molar-refractivity contribution in [2.24, 2.45) is 0 Å². The molecule has 0 amide bonds. The van der Waals surface area contributed by atoms with E-state index in [0.29, 0.717) is 18.2 Å². The van der Waals surface area contributed by atoms with Crippen LogP contribution in [0.2, 0.25) is 0 Å². The largest absolute Gasteiger partial charge is 0.490 e. The molecule has 0 aliphatic heterocycles. The summed E-state index contributed by atoms with van der Waals surface area (Å²) in [6.45, 7) is 1.30. The van der Waals surface area contributed by atoms with Gasteiger partial charge in [0, 0.05) is 6.20 Å². The molecule has 0 atom stereocenters. The highest BCUT2D eigenvalue weighted by Gasteiger charge is 2.29. The van der Waals surface area contributed by atoms with E-state index in [9.17, 15) is 15.3 Å². The van der Waals surface area contributed by atoms with Gasteiger partial charge in [-0.15, -0.1) is 0 Å².